The molecule has 1 unspecified atom stereocenters. The van der Waals surface area contributed by atoms with Gasteiger partial charge < -0.3 is 14.5 Å². The number of fused-ring (bicyclic) bond motifs is 1. The Hall–Kier alpha value is -2.75. The Balaban J connectivity index is 1.88. The van der Waals surface area contributed by atoms with E-state index in [-0.39, 0.29) is 17.9 Å². The molecular weight excluding hydrogens is 314 g/mol. The Morgan fingerprint density at radius 1 is 1.08 bits per heavy atom. The molecule has 1 aromatic heterocycles. The van der Waals surface area contributed by atoms with Gasteiger partial charge in [0, 0.05) is 10.9 Å². The van der Waals surface area contributed by atoms with E-state index >= 15 is 0 Å². The maximum atomic E-state index is 12.8. The van der Waals surface area contributed by atoms with Gasteiger partial charge in [0.2, 0.25) is 0 Å². The normalized spacial score (nSPS) is 12.4. The van der Waals surface area contributed by atoms with E-state index in [1.54, 1.807) is 7.11 Å². The molecule has 0 aliphatic heterocycles. The molecule has 0 aliphatic carbocycles. The average Bonchev–Trinajstić information content (AvgIpc) is 2.97. The molecule has 2 aromatic carbocycles. The third-order valence-electron chi connectivity index (χ3n) is 4.48. The Labute approximate surface area is 147 Å². The molecule has 3 rings (SSSR count). The number of nitrogens with one attached hydrogen (secondary N) is 1. The molecule has 1 amide bonds. The highest BCUT2D eigenvalue weighted by molar-refractivity contribution is 5.99. The number of benzene rings is 2. The third kappa shape index (κ3) is 3.38. The van der Waals surface area contributed by atoms with Crippen LogP contribution in [0.1, 0.15) is 41.6 Å². The summed E-state index contributed by atoms with van der Waals surface area (Å²) in [7, 11) is 1.64. The lowest BCUT2D eigenvalue weighted by Crippen LogP contribution is -2.31. The van der Waals surface area contributed by atoms with Crippen molar-refractivity contribution in [2.75, 3.05) is 7.11 Å². The van der Waals surface area contributed by atoms with Crippen LogP contribution in [0.3, 0.4) is 0 Å². The summed E-state index contributed by atoms with van der Waals surface area (Å²) in [4.78, 5) is 12.8. The van der Waals surface area contributed by atoms with Gasteiger partial charge in [-0.3, -0.25) is 4.79 Å². The van der Waals surface area contributed by atoms with Crippen LogP contribution < -0.4 is 10.1 Å². The highest BCUT2D eigenvalue weighted by Crippen LogP contribution is 2.28. The maximum absolute atomic E-state index is 12.8. The fourth-order valence-electron chi connectivity index (χ4n) is 3.04. The van der Waals surface area contributed by atoms with Gasteiger partial charge in [-0.15, -0.1) is 0 Å². The van der Waals surface area contributed by atoms with Crippen LogP contribution in [0.4, 0.5) is 0 Å². The molecule has 0 spiro atoms. The van der Waals surface area contributed by atoms with Crippen LogP contribution in [0.2, 0.25) is 0 Å². The van der Waals surface area contributed by atoms with Gasteiger partial charge in [0.15, 0.2) is 5.76 Å². The number of hydrogen-bond acceptors (Lipinski definition) is 3. The van der Waals surface area contributed by atoms with E-state index in [1.165, 1.54) is 0 Å². The standard InChI is InChI=1S/C21H23NO3/c1-13(2)19(15-9-11-16(24-4)12-10-15)22-21(23)20-14(3)17-7-5-6-8-18(17)25-20/h5-13,19H,1-4H3,(H,22,23). The molecule has 4 heteroatoms. The van der Waals surface area contributed by atoms with Gasteiger partial charge in [-0.2, -0.15) is 0 Å². The maximum Gasteiger partial charge on any atom is 0.287 e. The lowest BCUT2D eigenvalue weighted by Gasteiger charge is -2.22. The number of aryl methyl sites for hydroxylation is 1. The first kappa shape index (κ1) is 17.1. The topological polar surface area (TPSA) is 51.5 Å². The summed E-state index contributed by atoms with van der Waals surface area (Å²) in [6.45, 7) is 6.08. The number of ether oxygens (including phenoxy) is 1. The minimum absolute atomic E-state index is 0.106. The Morgan fingerprint density at radius 2 is 1.76 bits per heavy atom. The molecule has 0 aliphatic rings. The molecule has 0 fully saturated rings. The van der Waals surface area contributed by atoms with Gasteiger partial charge >= 0.3 is 0 Å². The lowest BCUT2D eigenvalue weighted by atomic mass is 9.95. The third-order valence-corrected chi connectivity index (χ3v) is 4.48. The SMILES string of the molecule is COc1ccc(C(NC(=O)c2oc3ccccc3c2C)C(C)C)cc1. The number of para-hydroxylation sites is 1. The molecule has 0 radical (unpaired) electrons. The molecule has 0 bridgehead atoms. The molecule has 3 aromatic rings. The lowest BCUT2D eigenvalue weighted by molar-refractivity contribution is 0.0898. The van der Waals surface area contributed by atoms with Gasteiger partial charge in [-0.1, -0.05) is 44.2 Å². The smallest absolute Gasteiger partial charge is 0.287 e. The predicted molar refractivity (Wildman–Crippen MR) is 99.0 cm³/mol. The van der Waals surface area contributed by atoms with Gasteiger partial charge in [0.05, 0.1) is 13.2 Å². The largest absolute Gasteiger partial charge is 0.497 e. The van der Waals surface area contributed by atoms with E-state index in [0.717, 1.165) is 27.8 Å². The van der Waals surface area contributed by atoms with Crippen molar-refractivity contribution >= 4 is 16.9 Å². The second-order valence-corrected chi connectivity index (χ2v) is 6.52. The Morgan fingerprint density at radius 3 is 2.36 bits per heavy atom. The van der Waals surface area contributed by atoms with Crippen LogP contribution in [0.15, 0.2) is 52.9 Å². The van der Waals surface area contributed by atoms with E-state index in [1.807, 2.05) is 55.5 Å². The van der Waals surface area contributed by atoms with Gasteiger partial charge in [0.1, 0.15) is 11.3 Å². The summed E-state index contributed by atoms with van der Waals surface area (Å²) in [5.41, 5.74) is 2.64. The molecule has 1 atom stereocenters. The first-order valence-corrected chi connectivity index (χ1v) is 8.44. The van der Waals surface area contributed by atoms with Crippen molar-refractivity contribution in [1.82, 2.24) is 5.32 Å². The summed E-state index contributed by atoms with van der Waals surface area (Å²) in [6.07, 6.45) is 0. The molecule has 1 N–H and O–H groups in total. The van der Waals surface area contributed by atoms with Crippen LogP contribution >= 0.6 is 0 Å². The van der Waals surface area contributed by atoms with Crippen molar-refractivity contribution in [2.24, 2.45) is 5.92 Å². The fourth-order valence-corrected chi connectivity index (χ4v) is 3.04. The number of carbonyl (C=O) groups excluding carboxylic acids is 1. The van der Waals surface area contributed by atoms with Crippen LogP contribution in [0, 0.1) is 12.8 Å². The number of furan rings is 1. The Bertz CT molecular complexity index is 878. The summed E-state index contributed by atoms with van der Waals surface area (Å²) >= 11 is 0. The highest BCUT2D eigenvalue weighted by atomic mass is 16.5. The first-order chi connectivity index (χ1) is 12.0. The molecule has 0 saturated carbocycles. The van der Waals surface area contributed by atoms with Crippen LogP contribution in [0.25, 0.3) is 11.0 Å². The van der Waals surface area contributed by atoms with E-state index in [2.05, 4.69) is 19.2 Å². The number of hydrogen-bond donors (Lipinski definition) is 1. The molecule has 130 valence electrons. The molecular formula is C21H23NO3. The van der Waals surface area contributed by atoms with E-state index in [4.69, 9.17) is 9.15 Å². The zero-order valence-corrected chi connectivity index (χ0v) is 15.0. The first-order valence-electron chi connectivity index (χ1n) is 8.44. The van der Waals surface area contributed by atoms with Crippen molar-refractivity contribution in [2.45, 2.75) is 26.8 Å². The number of rotatable bonds is 5. The second kappa shape index (κ2) is 7.01. The number of methoxy groups -OCH3 is 1. The minimum Gasteiger partial charge on any atom is -0.497 e. The van der Waals surface area contributed by atoms with Crippen molar-refractivity contribution in [3.63, 3.8) is 0 Å². The van der Waals surface area contributed by atoms with Crippen LogP contribution in [-0.2, 0) is 0 Å². The van der Waals surface area contributed by atoms with Crippen molar-refractivity contribution in [3.05, 3.63) is 65.4 Å². The predicted octanol–water partition coefficient (Wildman–Crippen LogP) is 4.88. The summed E-state index contributed by atoms with van der Waals surface area (Å²) in [6, 6.07) is 15.4. The summed E-state index contributed by atoms with van der Waals surface area (Å²) in [5.74, 6) is 1.22. The fraction of sp³-hybridized carbons (Fsp3) is 0.286. The monoisotopic (exact) mass is 337 g/mol. The van der Waals surface area contributed by atoms with Gasteiger partial charge in [0.25, 0.3) is 5.91 Å². The average molecular weight is 337 g/mol. The van der Waals surface area contributed by atoms with Gasteiger partial charge in [-0.25, -0.2) is 0 Å². The van der Waals surface area contributed by atoms with Crippen molar-refractivity contribution in [3.8, 4) is 5.75 Å². The van der Waals surface area contributed by atoms with Crippen molar-refractivity contribution < 1.29 is 13.9 Å². The second-order valence-electron chi connectivity index (χ2n) is 6.52. The molecule has 25 heavy (non-hydrogen) atoms. The van der Waals surface area contributed by atoms with E-state index in [0.29, 0.717) is 5.76 Å². The van der Waals surface area contributed by atoms with E-state index in [9.17, 15) is 4.79 Å². The number of carbonyl (C=O) groups is 1. The van der Waals surface area contributed by atoms with Crippen LogP contribution in [-0.4, -0.2) is 13.0 Å². The molecule has 1 heterocycles. The zero-order chi connectivity index (χ0) is 18.0. The van der Waals surface area contributed by atoms with Crippen molar-refractivity contribution in [1.29, 1.82) is 0 Å². The molecule has 0 saturated heterocycles. The quantitative estimate of drug-likeness (QED) is 0.722. The molecule has 4 nitrogen and oxygen atoms in total. The summed E-state index contributed by atoms with van der Waals surface area (Å²) in [5, 5.41) is 4.09. The highest BCUT2D eigenvalue weighted by Gasteiger charge is 2.23. The summed E-state index contributed by atoms with van der Waals surface area (Å²) < 4.78 is 11.0. The zero-order valence-electron chi connectivity index (χ0n) is 15.0. The van der Waals surface area contributed by atoms with Gasteiger partial charge in [-0.05, 0) is 36.6 Å². The van der Waals surface area contributed by atoms with E-state index < -0.39 is 0 Å². The van der Waals surface area contributed by atoms with Crippen LogP contribution in [0.5, 0.6) is 5.75 Å². The Kier molecular flexibility index (Phi) is 4.79. The minimum atomic E-state index is -0.191. The number of amides is 1.